The van der Waals surface area contributed by atoms with E-state index in [0.717, 1.165) is 28.7 Å². The van der Waals surface area contributed by atoms with Crippen molar-refractivity contribution >= 4 is 104 Å². The molecular formula is C77H113FN15O19S2+. The number of hydrazone groups is 1. The van der Waals surface area contributed by atoms with Crippen LogP contribution in [0.15, 0.2) is 92.4 Å². The molecule has 0 radical (unpaired) electrons. The summed E-state index contributed by atoms with van der Waals surface area (Å²) in [6, 6.07) is 18.4. The van der Waals surface area contributed by atoms with E-state index in [0.29, 0.717) is 173 Å². The first-order chi connectivity index (χ1) is 55.1. The van der Waals surface area contributed by atoms with Crippen LogP contribution in [0.5, 0.6) is 5.75 Å². The van der Waals surface area contributed by atoms with Gasteiger partial charge in [-0.25, -0.2) is 23.8 Å². The summed E-state index contributed by atoms with van der Waals surface area (Å²) in [7, 11) is 11.1. The third-order valence-corrected chi connectivity index (χ3v) is 18.3. The highest BCUT2D eigenvalue weighted by Crippen LogP contribution is 2.32. The number of aliphatic carboxylic acids is 2. The zero-order valence-corrected chi connectivity index (χ0v) is 67.9. The molecule has 0 fully saturated rings. The zero-order valence-electron chi connectivity index (χ0n) is 66.3. The number of thioether (sulfide) groups is 1. The zero-order chi connectivity index (χ0) is 82.6. The Labute approximate surface area is 674 Å². The van der Waals surface area contributed by atoms with Gasteiger partial charge in [-0.05, 0) is 138 Å². The number of aliphatic hydroxyl groups is 1. The minimum atomic E-state index is -1.26. The van der Waals surface area contributed by atoms with E-state index in [2.05, 4.69) is 75.4 Å². The van der Waals surface area contributed by atoms with E-state index in [1.54, 1.807) is 31.3 Å². The fourth-order valence-corrected chi connectivity index (χ4v) is 12.4. The molecule has 37 heteroatoms. The number of carbonyl (C=O) groups is 5. The van der Waals surface area contributed by atoms with Crippen molar-refractivity contribution in [3.05, 3.63) is 105 Å². The number of amides is 3. The predicted octanol–water partition coefficient (Wildman–Crippen LogP) is 6.84. The number of aromatic nitrogens is 3. The number of likely N-dealkylation sites (N-methyl/N-ethyl adjacent to an activating group) is 2. The molecule has 5 rings (SSSR count). The number of alkyl carbamates (subject to hydrolysis) is 1. The van der Waals surface area contributed by atoms with E-state index < -0.39 is 42.1 Å². The molecule has 2 atom stereocenters. The predicted molar refractivity (Wildman–Crippen MR) is 436 cm³/mol. The molecule has 2 unspecified atom stereocenters. The Balaban J connectivity index is 1.03. The highest BCUT2D eigenvalue weighted by atomic mass is 32.2. The number of allylic oxidation sites excluding steroid dienone is 1. The molecule has 10 N–H and O–H groups in total. The largest absolute Gasteiger partial charge is 0.491 e. The number of carbonyl (C=O) groups excluding carboxylic acids is 3. The number of carboxylic acids is 2. The number of aryl methyl sites for hydroxylation is 1. The van der Waals surface area contributed by atoms with Crippen LogP contribution in [-0.2, 0) is 74.9 Å². The van der Waals surface area contributed by atoms with Crippen LogP contribution in [-0.4, -0.2) is 301 Å². The van der Waals surface area contributed by atoms with E-state index in [-0.39, 0.29) is 101 Å². The lowest BCUT2D eigenvalue weighted by molar-refractivity contribution is -0.873. The first-order valence-electron chi connectivity index (χ1n) is 37.4. The number of hydrogen-bond acceptors (Lipinski definition) is 30. The number of carboxylic acid groups (broad SMARTS) is 2. The van der Waals surface area contributed by atoms with Crippen LogP contribution < -0.4 is 42.1 Å². The Hall–Kier alpha value is -9.11. The second-order valence-electron chi connectivity index (χ2n) is 26.4. The topological polar surface area (TPSA) is 416 Å². The quantitative estimate of drug-likeness (QED) is 0.00281. The maximum atomic E-state index is 15.5. The van der Waals surface area contributed by atoms with Crippen molar-refractivity contribution in [3.8, 4) is 17.6 Å². The number of aliphatic hydroxyl groups excluding tert-OH is 1. The molecule has 0 saturated carbocycles. The Bertz CT molecular complexity index is 3850. The van der Waals surface area contributed by atoms with Gasteiger partial charge in [0.1, 0.15) is 31.6 Å². The van der Waals surface area contributed by atoms with E-state index in [4.69, 9.17) is 63.1 Å². The van der Waals surface area contributed by atoms with Gasteiger partial charge in [0, 0.05) is 42.5 Å². The molecule has 628 valence electrons. The van der Waals surface area contributed by atoms with Crippen LogP contribution in [0.4, 0.5) is 36.4 Å². The lowest BCUT2D eigenvalue weighted by Crippen LogP contribution is -2.41. The smallest absolute Gasteiger partial charge is 0.410 e. The van der Waals surface area contributed by atoms with Crippen molar-refractivity contribution in [2.45, 2.75) is 77.2 Å². The van der Waals surface area contributed by atoms with Gasteiger partial charge in [0.05, 0.1) is 175 Å². The molecule has 0 aliphatic carbocycles. The van der Waals surface area contributed by atoms with Crippen LogP contribution >= 0.6 is 23.1 Å². The average molecular weight is 1640 g/mol. The number of nitrogens with two attached hydrogens (primary N) is 1. The Morgan fingerprint density at radius 2 is 1.44 bits per heavy atom. The fraction of sp³-hybridized carbons (Fsp3) is 0.545. The van der Waals surface area contributed by atoms with Crippen molar-refractivity contribution < 1.29 is 100 Å². The summed E-state index contributed by atoms with van der Waals surface area (Å²) in [6.07, 6.45) is 2.16. The number of rotatable bonds is 61. The summed E-state index contributed by atoms with van der Waals surface area (Å²) in [5.74, 6) is 9.37. The molecule has 0 aliphatic rings. The number of ether oxygens (including phenoxy) is 11. The summed E-state index contributed by atoms with van der Waals surface area (Å²) in [5, 5.41) is 58.0. The van der Waals surface area contributed by atoms with Gasteiger partial charge in [-0.15, -0.1) is 22.0 Å². The summed E-state index contributed by atoms with van der Waals surface area (Å²) < 4.78 is 77.7. The van der Waals surface area contributed by atoms with Crippen molar-refractivity contribution in [2.24, 2.45) is 20.9 Å². The van der Waals surface area contributed by atoms with Crippen LogP contribution in [0.3, 0.4) is 0 Å². The lowest BCUT2D eigenvalue weighted by atomic mass is 10.1. The van der Waals surface area contributed by atoms with Gasteiger partial charge in [0.25, 0.3) is 0 Å². The van der Waals surface area contributed by atoms with Crippen LogP contribution in [0, 0.1) is 24.6 Å². The van der Waals surface area contributed by atoms with E-state index >= 15 is 4.39 Å². The van der Waals surface area contributed by atoms with Crippen LogP contribution in [0.1, 0.15) is 67.2 Å². The van der Waals surface area contributed by atoms with Gasteiger partial charge in [0.15, 0.2) is 34.0 Å². The molecule has 5 aromatic rings. The second-order valence-corrected chi connectivity index (χ2v) is 28.5. The molecule has 0 saturated heterocycles. The van der Waals surface area contributed by atoms with Crippen LogP contribution in [0.25, 0.3) is 10.2 Å². The molecule has 2 heterocycles. The number of nitrogens with one attached hydrogen (secondary N) is 5. The van der Waals surface area contributed by atoms with Gasteiger partial charge in [-0.1, -0.05) is 41.4 Å². The Morgan fingerprint density at radius 1 is 0.781 bits per heavy atom. The number of hydrogen-bond donors (Lipinski definition) is 9. The number of quaternary nitrogens is 1. The second kappa shape index (κ2) is 56.2. The van der Waals surface area contributed by atoms with Crippen molar-refractivity contribution in [3.63, 3.8) is 0 Å². The maximum absolute atomic E-state index is 15.5. The van der Waals surface area contributed by atoms with Gasteiger partial charge < -0.3 is 114 Å². The molecule has 3 aromatic carbocycles. The first kappa shape index (κ1) is 95.5. The summed E-state index contributed by atoms with van der Waals surface area (Å²) in [4.78, 5) is 79.3. The third-order valence-electron chi connectivity index (χ3n) is 16.2. The summed E-state index contributed by atoms with van der Waals surface area (Å²) >= 11 is 2.75. The fourth-order valence-electron chi connectivity index (χ4n) is 10.4. The molecule has 0 spiro atoms. The molecule has 3 amide bonds. The number of para-hydroxylation sites is 1. The number of halogens is 1. The summed E-state index contributed by atoms with van der Waals surface area (Å²) in [5.41, 5.74) is 3.37. The molecule has 114 heavy (non-hydrogen) atoms. The number of benzene rings is 3. The Morgan fingerprint density at radius 3 is 2.04 bits per heavy atom. The number of fused-ring (bicyclic) bond motifs is 1. The monoisotopic (exact) mass is 1630 g/mol. The average Bonchev–Trinajstić information content (AvgIpc) is 1.57. The maximum Gasteiger partial charge on any atom is 0.410 e. The Kier molecular flexibility index (Phi) is 47.1. The van der Waals surface area contributed by atoms with E-state index in [1.165, 1.54) is 53.4 Å². The van der Waals surface area contributed by atoms with Gasteiger partial charge >= 0.3 is 24.1 Å². The number of anilines is 4. The SMILES string of the molecule is C=N/C(C(=O)O)=C(/CCCOc1ccc(C#CCNC(=O)OCc2ccc(NC(=O)C(CCCNC)NC)cc2CN(C)C(=O)OCC(C=NCCOCCOCCOCCOCCOCCOCCOCCOCCC(=O)O)=NN)cc1F)SCN(CCCC(O)C[N+](C)(C)C)c1cc(C)c(Nc2nc3ccccc3s2)nn1. The standard InChI is InChI=1S/C77H112FN15O19S2/c1-56-47-69(89-90-72(56)87-75-86-64-17-9-10-19-67(64)114-75)92(29-13-16-62(94)52-93(6,7)8)55-113-68(71(82-4)74(98)99)20-14-30-110-66-24-21-57(48-63(66)78)15-11-27-84-76(100)111-53-58-22-23-60(85-73(97)65(81-3)18-12-26-80-2)49-59(58)51-91(5)77(101)112-54-61(88-79)50-83-28-32-103-34-36-105-38-40-107-42-44-109-46-45-108-43-41-106-39-37-104-35-33-102-31-25-70(95)96/h9-10,17,19,21-24,47-50,62,65,80-81,94H,4,12-14,16,18,20,25-46,51-55H2,1-3,5-8H3,(H6-,79,83,84,85,86,87,90,95,96,97,98,99,100)/p+1/b71-68-. The van der Waals surface area contributed by atoms with Crippen molar-refractivity contribution in [1.82, 2.24) is 36.0 Å². The molecule has 0 bridgehead atoms. The van der Waals surface area contributed by atoms with Gasteiger partial charge in [-0.3, -0.25) is 19.6 Å². The normalized spacial score (nSPS) is 12.4. The number of nitrogens with zero attached hydrogens (tertiary/aromatic N) is 9. The van der Waals surface area contributed by atoms with Crippen molar-refractivity contribution in [1.29, 1.82) is 0 Å². The van der Waals surface area contributed by atoms with Crippen molar-refractivity contribution in [2.75, 3.05) is 215 Å². The van der Waals surface area contributed by atoms with Crippen LogP contribution in [0.2, 0.25) is 0 Å². The van der Waals surface area contributed by atoms with Gasteiger partial charge in [-0.2, -0.15) is 5.10 Å². The number of thiazole rings is 1. The molecule has 2 aromatic heterocycles. The number of aliphatic imine (C=N–C) groups is 2. The van der Waals surface area contributed by atoms with E-state index in [1.807, 2.05) is 70.3 Å². The molecule has 34 nitrogen and oxygen atoms in total. The highest BCUT2D eigenvalue weighted by Gasteiger charge is 2.23. The minimum Gasteiger partial charge on any atom is -0.491 e. The van der Waals surface area contributed by atoms with E-state index in [9.17, 15) is 34.2 Å². The molecule has 0 aliphatic heterocycles. The lowest BCUT2D eigenvalue weighted by Gasteiger charge is -2.28. The van der Waals surface area contributed by atoms with Gasteiger partial charge in [0.2, 0.25) is 5.91 Å². The third kappa shape index (κ3) is 40.3. The molecular weight excluding hydrogens is 1520 g/mol. The minimum absolute atomic E-state index is 0.0160. The highest BCUT2D eigenvalue weighted by molar-refractivity contribution is 8.03. The first-order valence-corrected chi connectivity index (χ1v) is 39.2. The summed E-state index contributed by atoms with van der Waals surface area (Å²) in [6.45, 7) is 12.6.